The van der Waals surface area contributed by atoms with Crippen molar-refractivity contribution in [3.8, 4) is 5.88 Å². The van der Waals surface area contributed by atoms with Gasteiger partial charge in [-0.05, 0) is 24.5 Å². The van der Waals surface area contributed by atoms with Crippen LogP contribution in [0.15, 0.2) is 30.6 Å². The van der Waals surface area contributed by atoms with Crippen molar-refractivity contribution >= 4 is 0 Å². The van der Waals surface area contributed by atoms with E-state index in [9.17, 15) is 0 Å². The molecule has 112 valence electrons. The Morgan fingerprint density at radius 1 is 1.24 bits per heavy atom. The molecular weight excluding hydrogens is 264 g/mol. The van der Waals surface area contributed by atoms with Gasteiger partial charge in [-0.25, -0.2) is 4.98 Å². The summed E-state index contributed by atoms with van der Waals surface area (Å²) in [7, 11) is 1.63. The molecular formula is C16H22N4O. The summed E-state index contributed by atoms with van der Waals surface area (Å²) in [6.07, 6.45) is 9.16. The van der Waals surface area contributed by atoms with Crippen LogP contribution in [0.3, 0.4) is 0 Å². The monoisotopic (exact) mass is 286 g/mol. The van der Waals surface area contributed by atoms with Gasteiger partial charge in [0.1, 0.15) is 0 Å². The average Bonchev–Trinajstić information content (AvgIpc) is 3.19. The van der Waals surface area contributed by atoms with Crippen LogP contribution in [0.2, 0.25) is 0 Å². The summed E-state index contributed by atoms with van der Waals surface area (Å²) in [6, 6.07) is 6.63. The first-order valence-electron chi connectivity index (χ1n) is 7.59. The second-order valence-corrected chi connectivity index (χ2v) is 5.54. The molecule has 0 atom stereocenters. The molecule has 0 saturated heterocycles. The molecule has 1 fully saturated rings. The van der Waals surface area contributed by atoms with Crippen molar-refractivity contribution in [2.45, 2.75) is 44.8 Å². The Kier molecular flexibility index (Phi) is 4.50. The highest BCUT2D eigenvalue weighted by Gasteiger charge is 2.17. The number of hydrogen-bond acceptors (Lipinski definition) is 4. The molecule has 2 aromatic heterocycles. The van der Waals surface area contributed by atoms with Gasteiger partial charge in [-0.15, -0.1) is 0 Å². The van der Waals surface area contributed by atoms with Crippen molar-refractivity contribution in [2.24, 2.45) is 0 Å². The molecule has 1 saturated carbocycles. The molecule has 0 bridgehead atoms. The second-order valence-electron chi connectivity index (χ2n) is 5.54. The molecule has 2 heterocycles. The van der Waals surface area contributed by atoms with Gasteiger partial charge >= 0.3 is 0 Å². The van der Waals surface area contributed by atoms with E-state index in [-0.39, 0.29) is 0 Å². The molecule has 5 nitrogen and oxygen atoms in total. The summed E-state index contributed by atoms with van der Waals surface area (Å²) in [5.74, 6) is 0.647. The Balaban J connectivity index is 1.48. The lowest BCUT2D eigenvalue weighted by Gasteiger charge is -2.09. The lowest BCUT2D eigenvalue weighted by Crippen LogP contribution is -2.14. The molecule has 0 spiro atoms. The van der Waals surface area contributed by atoms with Crippen molar-refractivity contribution in [2.75, 3.05) is 7.11 Å². The SMILES string of the molecule is COc1ccc(CNCc2ccn(C3CCCC3)n2)cn1. The van der Waals surface area contributed by atoms with Gasteiger partial charge in [-0.2, -0.15) is 5.10 Å². The zero-order chi connectivity index (χ0) is 14.5. The maximum absolute atomic E-state index is 5.05. The lowest BCUT2D eigenvalue weighted by molar-refractivity contribution is 0.397. The number of hydrogen-bond donors (Lipinski definition) is 1. The van der Waals surface area contributed by atoms with Crippen LogP contribution in [-0.4, -0.2) is 21.9 Å². The van der Waals surface area contributed by atoms with Crippen LogP contribution in [0, 0.1) is 0 Å². The molecule has 0 amide bonds. The van der Waals surface area contributed by atoms with Crippen LogP contribution >= 0.6 is 0 Å². The molecule has 0 unspecified atom stereocenters. The standard InChI is InChI=1S/C16H22N4O/c1-21-16-7-6-13(11-18-16)10-17-12-14-8-9-20(19-14)15-4-2-3-5-15/h6-9,11,15,17H,2-5,10,12H2,1H3. The van der Waals surface area contributed by atoms with Crippen LogP contribution in [0.25, 0.3) is 0 Å². The van der Waals surface area contributed by atoms with E-state index in [1.54, 1.807) is 7.11 Å². The highest BCUT2D eigenvalue weighted by Crippen LogP contribution is 2.28. The van der Waals surface area contributed by atoms with Gasteiger partial charge < -0.3 is 10.1 Å². The molecule has 0 radical (unpaired) electrons. The third kappa shape index (κ3) is 3.61. The van der Waals surface area contributed by atoms with Crippen LogP contribution in [-0.2, 0) is 13.1 Å². The second kappa shape index (κ2) is 6.72. The summed E-state index contributed by atoms with van der Waals surface area (Å²) < 4.78 is 7.19. The Labute approximate surface area is 125 Å². The summed E-state index contributed by atoms with van der Waals surface area (Å²) in [6.45, 7) is 1.57. The fourth-order valence-corrected chi connectivity index (χ4v) is 2.81. The first kappa shape index (κ1) is 14.1. The van der Waals surface area contributed by atoms with Crippen molar-refractivity contribution < 1.29 is 4.74 Å². The molecule has 2 aromatic rings. The first-order valence-corrected chi connectivity index (χ1v) is 7.59. The lowest BCUT2D eigenvalue weighted by atomic mass is 10.3. The minimum Gasteiger partial charge on any atom is -0.481 e. The number of nitrogens with one attached hydrogen (secondary N) is 1. The summed E-state index contributed by atoms with van der Waals surface area (Å²) in [5.41, 5.74) is 2.24. The predicted molar refractivity (Wildman–Crippen MR) is 81.1 cm³/mol. The van der Waals surface area contributed by atoms with Crippen LogP contribution in [0.4, 0.5) is 0 Å². The van der Waals surface area contributed by atoms with Gasteiger partial charge in [0.15, 0.2) is 0 Å². The van der Waals surface area contributed by atoms with E-state index >= 15 is 0 Å². The predicted octanol–water partition coefficient (Wildman–Crippen LogP) is 2.69. The molecule has 1 aliphatic rings. The number of nitrogens with zero attached hydrogens (tertiary/aromatic N) is 3. The quantitative estimate of drug-likeness (QED) is 0.887. The zero-order valence-electron chi connectivity index (χ0n) is 12.5. The van der Waals surface area contributed by atoms with Crippen molar-refractivity contribution in [3.05, 3.63) is 41.9 Å². The van der Waals surface area contributed by atoms with E-state index < -0.39 is 0 Å². The molecule has 21 heavy (non-hydrogen) atoms. The number of methoxy groups -OCH3 is 1. The van der Waals surface area contributed by atoms with Crippen molar-refractivity contribution in [1.82, 2.24) is 20.1 Å². The molecule has 3 rings (SSSR count). The van der Waals surface area contributed by atoms with Crippen LogP contribution in [0.5, 0.6) is 5.88 Å². The minimum absolute atomic E-state index is 0.615. The Morgan fingerprint density at radius 2 is 2.10 bits per heavy atom. The maximum atomic E-state index is 5.05. The van der Waals surface area contributed by atoms with E-state index in [4.69, 9.17) is 4.74 Å². The molecule has 0 aromatic carbocycles. The maximum Gasteiger partial charge on any atom is 0.212 e. The summed E-state index contributed by atoms with van der Waals surface area (Å²) in [5, 5.41) is 8.07. The Bertz CT molecular complexity index is 558. The van der Waals surface area contributed by atoms with Gasteiger partial charge in [0.2, 0.25) is 5.88 Å². The zero-order valence-corrected chi connectivity index (χ0v) is 12.5. The number of rotatable bonds is 6. The van der Waals surface area contributed by atoms with Crippen molar-refractivity contribution in [1.29, 1.82) is 0 Å². The third-order valence-electron chi connectivity index (χ3n) is 4.00. The van der Waals surface area contributed by atoms with E-state index in [1.807, 2.05) is 18.3 Å². The van der Waals surface area contributed by atoms with E-state index in [0.717, 1.165) is 24.3 Å². The van der Waals surface area contributed by atoms with Gasteiger partial charge in [0.05, 0.1) is 18.8 Å². The fourth-order valence-electron chi connectivity index (χ4n) is 2.81. The minimum atomic E-state index is 0.615. The van der Waals surface area contributed by atoms with Gasteiger partial charge in [0, 0.05) is 31.5 Å². The van der Waals surface area contributed by atoms with E-state index in [1.165, 1.54) is 25.7 Å². The molecule has 5 heteroatoms. The van der Waals surface area contributed by atoms with Crippen molar-refractivity contribution in [3.63, 3.8) is 0 Å². The summed E-state index contributed by atoms with van der Waals surface area (Å²) in [4.78, 5) is 4.20. The smallest absolute Gasteiger partial charge is 0.212 e. The van der Waals surface area contributed by atoms with Gasteiger partial charge in [-0.3, -0.25) is 4.68 Å². The highest BCUT2D eigenvalue weighted by atomic mass is 16.5. The number of aromatic nitrogens is 3. The summed E-state index contributed by atoms with van der Waals surface area (Å²) >= 11 is 0. The van der Waals surface area contributed by atoms with Gasteiger partial charge in [0.25, 0.3) is 0 Å². The normalized spacial score (nSPS) is 15.5. The number of ether oxygens (including phenoxy) is 1. The molecule has 0 aliphatic heterocycles. The Morgan fingerprint density at radius 3 is 2.81 bits per heavy atom. The first-order chi connectivity index (χ1) is 10.3. The third-order valence-corrected chi connectivity index (χ3v) is 4.00. The van der Waals surface area contributed by atoms with Crippen LogP contribution < -0.4 is 10.1 Å². The number of pyridine rings is 1. The highest BCUT2D eigenvalue weighted by molar-refractivity contribution is 5.17. The fraction of sp³-hybridized carbons (Fsp3) is 0.500. The molecule has 1 aliphatic carbocycles. The van der Waals surface area contributed by atoms with E-state index in [2.05, 4.69) is 32.3 Å². The average molecular weight is 286 g/mol. The topological polar surface area (TPSA) is 52.0 Å². The molecule has 1 N–H and O–H groups in total. The van der Waals surface area contributed by atoms with Gasteiger partial charge in [-0.1, -0.05) is 18.9 Å². The largest absolute Gasteiger partial charge is 0.481 e. The Hall–Kier alpha value is -1.88. The van der Waals surface area contributed by atoms with Crippen LogP contribution in [0.1, 0.15) is 43.0 Å². The van der Waals surface area contributed by atoms with E-state index in [0.29, 0.717) is 11.9 Å².